The Morgan fingerprint density at radius 1 is 1.36 bits per heavy atom. The van der Waals surface area contributed by atoms with Crippen LogP contribution in [0.15, 0.2) is 24.4 Å². The Hall–Kier alpha value is -1.77. The molecule has 3 heteroatoms. The lowest BCUT2D eigenvalue weighted by atomic mass is 10.1. The fraction of sp³-hybridized carbons (Fsp3) is 0.182. The van der Waals surface area contributed by atoms with Gasteiger partial charge in [0.1, 0.15) is 0 Å². The van der Waals surface area contributed by atoms with Crippen LogP contribution in [0.1, 0.15) is 21.6 Å². The summed E-state index contributed by atoms with van der Waals surface area (Å²) < 4.78 is 1.98. The van der Waals surface area contributed by atoms with E-state index < -0.39 is 0 Å². The molecule has 0 aromatic carbocycles. The molecule has 0 aliphatic rings. The highest BCUT2D eigenvalue weighted by atomic mass is 16.1. The van der Waals surface area contributed by atoms with Crippen molar-refractivity contribution in [2.45, 2.75) is 13.8 Å². The lowest BCUT2D eigenvalue weighted by molar-refractivity contribution is 0.0999. The number of rotatable bonds is 1. The molecule has 2 aromatic rings. The first-order chi connectivity index (χ1) is 6.63. The summed E-state index contributed by atoms with van der Waals surface area (Å²) in [6.45, 7) is 3.82. The van der Waals surface area contributed by atoms with Crippen LogP contribution in [0.4, 0.5) is 0 Å². The molecule has 0 radical (unpaired) electrons. The van der Waals surface area contributed by atoms with Gasteiger partial charge < -0.3 is 10.1 Å². The van der Waals surface area contributed by atoms with Gasteiger partial charge in [-0.15, -0.1) is 0 Å². The van der Waals surface area contributed by atoms with Crippen LogP contribution in [-0.4, -0.2) is 10.3 Å². The van der Waals surface area contributed by atoms with Gasteiger partial charge in [0.2, 0.25) is 0 Å². The second-order valence-electron chi connectivity index (χ2n) is 3.41. The molecule has 2 aromatic heterocycles. The van der Waals surface area contributed by atoms with Gasteiger partial charge in [0.15, 0.2) is 0 Å². The minimum absolute atomic E-state index is 0.358. The van der Waals surface area contributed by atoms with Gasteiger partial charge in [0.05, 0.1) is 5.56 Å². The molecule has 2 N–H and O–H groups in total. The summed E-state index contributed by atoms with van der Waals surface area (Å²) >= 11 is 0. The molecule has 0 aliphatic carbocycles. The average molecular weight is 188 g/mol. The second kappa shape index (κ2) is 2.87. The number of aromatic nitrogens is 1. The molecule has 72 valence electrons. The van der Waals surface area contributed by atoms with Gasteiger partial charge in [-0.2, -0.15) is 0 Å². The Morgan fingerprint density at radius 2 is 2.07 bits per heavy atom. The zero-order valence-corrected chi connectivity index (χ0v) is 8.24. The van der Waals surface area contributed by atoms with Gasteiger partial charge in [-0.05, 0) is 31.5 Å². The number of nitrogens with zero attached hydrogens (tertiary/aromatic N) is 1. The summed E-state index contributed by atoms with van der Waals surface area (Å²) in [5.74, 6) is -0.358. The molecular weight excluding hydrogens is 176 g/mol. The van der Waals surface area contributed by atoms with E-state index in [0.29, 0.717) is 5.56 Å². The summed E-state index contributed by atoms with van der Waals surface area (Å²) in [5, 5.41) is 0. The monoisotopic (exact) mass is 188 g/mol. The van der Waals surface area contributed by atoms with Crippen molar-refractivity contribution in [1.82, 2.24) is 4.40 Å². The zero-order valence-electron chi connectivity index (χ0n) is 8.24. The van der Waals surface area contributed by atoms with Crippen molar-refractivity contribution in [3.63, 3.8) is 0 Å². The third kappa shape index (κ3) is 1.02. The lowest BCUT2D eigenvalue weighted by Gasteiger charge is -1.96. The maximum atomic E-state index is 11.2. The quantitative estimate of drug-likeness (QED) is 0.726. The normalized spacial score (nSPS) is 10.7. The summed E-state index contributed by atoms with van der Waals surface area (Å²) in [7, 11) is 0. The number of carbonyl (C=O) groups is 1. The highest BCUT2D eigenvalue weighted by molar-refractivity contribution is 5.98. The van der Waals surface area contributed by atoms with Crippen molar-refractivity contribution in [3.05, 3.63) is 41.2 Å². The molecule has 2 heterocycles. The van der Waals surface area contributed by atoms with E-state index in [9.17, 15) is 4.79 Å². The number of pyridine rings is 1. The number of amides is 1. The average Bonchev–Trinajstić information content (AvgIpc) is 2.41. The first-order valence-electron chi connectivity index (χ1n) is 4.49. The van der Waals surface area contributed by atoms with Crippen molar-refractivity contribution in [2.75, 3.05) is 0 Å². The minimum atomic E-state index is -0.358. The summed E-state index contributed by atoms with van der Waals surface area (Å²) in [6.07, 6.45) is 1.93. The molecule has 0 aliphatic heterocycles. The smallest absolute Gasteiger partial charge is 0.250 e. The number of hydrogen-bond donors (Lipinski definition) is 1. The molecule has 0 unspecified atom stereocenters. The number of primary amides is 1. The molecule has 3 nitrogen and oxygen atoms in total. The van der Waals surface area contributed by atoms with Crippen LogP contribution in [0.25, 0.3) is 5.52 Å². The van der Waals surface area contributed by atoms with E-state index in [-0.39, 0.29) is 5.91 Å². The van der Waals surface area contributed by atoms with Crippen LogP contribution in [0, 0.1) is 13.8 Å². The van der Waals surface area contributed by atoms with Crippen LogP contribution in [-0.2, 0) is 0 Å². The Balaban J connectivity index is 2.92. The molecular formula is C11H12N2O. The topological polar surface area (TPSA) is 47.5 Å². The number of hydrogen-bond acceptors (Lipinski definition) is 1. The maximum absolute atomic E-state index is 11.2. The summed E-state index contributed by atoms with van der Waals surface area (Å²) in [6, 6.07) is 5.87. The molecule has 14 heavy (non-hydrogen) atoms. The Labute approximate surface area is 82.1 Å². The van der Waals surface area contributed by atoms with Gasteiger partial charge in [0.25, 0.3) is 5.91 Å². The number of nitrogens with two attached hydrogens (primary N) is 1. The highest BCUT2D eigenvalue weighted by Crippen LogP contribution is 2.21. The van der Waals surface area contributed by atoms with Crippen molar-refractivity contribution in [3.8, 4) is 0 Å². The fourth-order valence-electron chi connectivity index (χ4n) is 1.92. The molecule has 1 amide bonds. The van der Waals surface area contributed by atoms with Crippen LogP contribution < -0.4 is 5.73 Å². The lowest BCUT2D eigenvalue weighted by Crippen LogP contribution is -2.12. The van der Waals surface area contributed by atoms with Gasteiger partial charge in [-0.25, -0.2) is 0 Å². The second-order valence-corrected chi connectivity index (χ2v) is 3.41. The van der Waals surface area contributed by atoms with Crippen LogP contribution >= 0.6 is 0 Å². The summed E-state index contributed by atoms with van der Waals surface area (Å²) in [5.41, 5.74) is 8.87. The molecule has 0 saturated carbocycles. The molecule has 0 fully saturated rings. The Kier molecular flexibility index (Phi) is 1.81. The van der Waals surface area contributed by atoms with E-state index in [1.165, 1.54) is 0 Å². The Bertz CT molecular complexity index is 472. The molecule has 0 atom stereocenters. The van der Waals surface area contributed by atoms with Crippen molar-refractivity contribution in [1.29, 1.82) is 0 Å². The van der Waals surface area contributed by atoms with Gasteiger partial charge >= 0.3 is 0 Å². The maximum Gasteiger partial charge on any atom is 0.250 e. The summed E-state index contributed by atoms with van der Waals surface area (Å²) in [4.78, 5) is 11.2. The van der Waals surface area contributed by atoms with Crippen LogP contribution in [0.2, 0.25) is 0 Å². The fourth-order valence-corrected chi connectivity index (χ4v) is 1.92. The van der Waals surface area contributed by atoms with Crippen molar-refractivity contribution >= 4 is 11.4 Å². The SMILES string of the molecule is Cc1c(C(N)=O)c(C)n2ccccc12. The van der Waals surface area contributed by atoms with E-state index >= 15 is 0 Å². The van der Waals surface area contributed by atoms with Gasteiger partial charge in [-0.3, -0.25) is 4.79 Å². The standard InChI is InChI=1S/C11H12N2O/c1-7-9-5-3-4-6-13(9)8(2)10(7)11(12)14/h3-6H,1-2H3,(H2,12,14). The number of aryl methyl sites for hydroxylation is 2. The largest absolute Gasteiger partial charge is 0.366 e. The number of carbonyl (C=O) groups excluding carboxylic acids is 1. The zero-order chi connectivity index (χ0) is 10.3. The third-order valence-corrected chi connectivity index (χ3v) is 2.59. The first-order valence-corrected chi connectivity index (χ1v) is 4.49. The van der Waals surface area contributed by atoms with E-state index in [2.05, 4.69) is 0 Å². The van der Waals surface area contributed by atoms with Crippen molar-refractivity contribution in [2.24, 2.45) is 5.73 Å². The highest BCUT2D eigenvalue weighted by Gasteiger charge is 2.15. The van der Waals surface area contributed by atoms with E-state index in [4.69, 9.17) is 5.73 Å². The van der Waals surface area contributed by atoms with Gasteiger partial charge in [0, 0.05) is 17.4 Å². The third-order valence-electron chi connectivity index (χ3n) is 2.59. The Morgan fingerprint density at radius 3 is 2.64 bits per heavy atom. The molecule has 2 rings (SSSR count). The van der Waals surface area contributed by atoms with E-state index in [0.717, 1.165) is 16.8 Å². The van der Waals surface area contributed by atoms with Crippen molar-refractivity contribution < 1.29 is 4.79 Å². The predicted molar refractivity (Wildman–Crippen MR) is 55.4 cm³/mol. The van der Waals surface area contributed by atoms with Crippen LogP contribution in [0.5, 0.6) is 0 Å². The minimum Gasteiger partial charge on any atom is -0.366 e. The number of fused-ring (bicyclic) bond motifs is 1. The van der Waals surface area contributed by atoms with E-state index in [1.54, 1.807) is 0 Å². The molecule has 0 spiro atoms. The van der Waals surface area contributed by atoms with E-state index in [1.807, 2.05) is 42.6 Å². The van der Waals surface area contributed by atoms with Crippen LogP contribution in [0.3, 0.4) is 0 Å². The first kappa shape index (κ1) is 8.81. The predicted octanol–water partition coefficient (Wildman–Crippen LogP) is 1.66. The van der Waals surface area contributed by atoms with Gasteiger partial charge in [-0.1, -0.05) is 6.07 Å². The molecule has 0 bridgehead atoms. The molecule has 0 saturated heterocycles.